The molecule has 0 spiro atoms. The van der Waals surface area contributed by atoms with Crippen LogP contribution in [-0.2, 0) is 0 Å². The third-order valence-corrected chi connectivity index (χ3v) is 3.33. The van der Waals surface area contributed by atoms with E-state index >= 15 is 0 Å². The fourth-order valence-electron chi connectivity index (χ4n) is 2.30. The maximum Gasteiger partial charge on any atom is 0.0409 e. The third kappa shape index (κ3) is 2.51. The number of hydrogen-bond acceptors (Lipinski definition) is 2. The molecule has 82 valence electrons. The van der Waals surface area contributed by atoms with Gasteiger partial charge in [0.25, 0.3) is 0 Å². The normalized spacial score (nSPS) is 26.5. The number of hydrogen-bond donors (Lipinski definition) is 2. The van der Waals surface area contributed by atoms with Gasteiger partial charge in [0, 0.05) is 11.1 Å². The highest BCUT2D eigenvalue weighted by Gasteiger charge is 2.24. The van der Waals surface area contributed by atoms with Crippen LogP contribution < -0.4 is 11.1 Å². The molecule has 0 radical (unpaired) electrons. The van der Waals surface area contributed by atoms with Gasteiger partial charge in [0.2, 0.25) is 0 Å². The van der Waals surface area contributed by atoms with E-state index in [2.05, 4.69) is 11.4 Å². The largest absolute Gasteiger partial charge is 0.330 e. The van der Waals surface area contributed by atoms with Crippen molar-refractivity contribution in [2.75, 3.05) is 13.1 Å². The lowest BCUT2D eigenvalue weighted by Gasteiger charge is -2.32. The van der Waals surface area contributed by atoms with E-state index < -0.39 is 0 Å². The molecular weight excluding hydrogens is 208 g/mol. The molecule has 15 heavy (non-hydrogen) atoms. The summed E-state index contributed by atoms with van der Waals surface area (Å²) in [5.74, 6) is 0.539. The number of benzene rings is 1. The van der Waals surface area contributed by atoms with Crippen LogP contribution in [-0.4, -0.2) is 13.1 Å². The van der Waals surface area contributed by atoms with Crippen LogP contribution in [0.25, 0.3) is 0 Å². The summed E-state index contributed by atoms with van der Waals surface area (Å²) >= 11 is 6.00. The molecule has 0 aromatic heterocycles. The first kappa shape index (κ1) is 10.9. The van der Waals surface area contributed by atoms with E-state index in [1.807, 2.05) is 18.2 Å². The van der Waals surface area contributed by atoms with E-state index in [1.165, 1.54) is 18.4 Å². The van der Waals surface area contributed by atoms with Crippen LogP contribution in [0.15, 0.2) is 24.3 Å². The van der Waals surface area contributed by atoms with Crippen LogP contribution in [0.5, 0.6) is 0 Å². The summed E-state index contributed by atoms with van der Waals surface area (Å²) in [7, 11) is 0. The van der Waals surface area contributed by atoms with Crippen LogP contribution in [0.1, 0.15) is 24.4 Å². The van der Waals surface area contributed by atoms with E-state index in [0.717, 1.165) is 18.1 Å². The highest BCUT2D eigenvalue weighted by molar-refractivity contribution is 6.30. The summed E-state index contributed by atoms with van der Waals surface area (Å²) in [4.78, 5) is 0. The number of nitrogens with one attached hydrogen (secondary N) is 1. The van der Waals surface area contributed by atoms with E-state index in [4.69, 9.17) is 17.3 Å². The van der Waals surface area contributed by atoms with E-state index in [-0.39, 0.29) is 0 Å². The molecule has 0 amide bonds. The summed E-state index contributed by atoms with van der Waals surface area (Å²) in [5.41, 5.74) is 7.06. The van der Waals surface area contributed by atoms with Gasteiger partial charge in [-0.3, -0.25) is 0 Å². The molecule has 0 saturated carbocycles. The maximum absolute atomic E-state index is 6.00. The Morgan fingerprint density at radius 3 is 3.07 bits per heavy atom. The van der Waals surface area contributed by atoms with Crippen LogP contribution in [0.2, 0.25) is 5.02 Å². The highest BCUT2D eigenvalue weighted by Crippen LogP contribution is 2.29. The third-order valence-electron chi connectivity index (χ3n) is 3.10. The average Bonchev–Trinajstić information content (AvgIpc) is 2.29. The minimum Gasteiger partial charge on any atom is -0.330 e. The monoisotopic (exact) mass is 224 g/mol. The standard InChI is InChI=1S/C12H17ClN2/c13-11-5-1-3-9(7-11)12-10(8-14)4-2-6-15-12/h1,3,5,7,10,12,15H,2,4,6,8,14H2/t10-,12-/m1/s1. The van der Waals surface area contributed by atoms with Crippen molar-refractivity contribution >= 4 is 11.6 Å². The Balaban J connectivity index is 2.20. The molecule has 0 bridgehead atoms. The zero-order chi connectivity index (χ0) is 10.7. The molecule has 2 nitrogen and oxygen atoms in total. The van der Waals surface area contributed by atoms with Gasteiger partial charge in [0.1, 0.15) is 0 Å². The van der Waals surface area contributed by atoms with Crippen molar-refractivity contribution in [3.63, 3.8) is 0 Å². The fourth-order valence-corrected chi connectivity index (χ4v) is 2.50. The van der Waals surface area contributed by atoms with Gasteiger partial charge < -0.3 is 11.1 Å². The van der Waals surface area contributed by atoms with E-state index in [0.29, 0.717) is 12.0 Å². The number of piperidine rings is 1. The first-order valence-corrected chi connectivity index (χ1v) is 5.88. The molecule has 1 fully saturated rings. The van der Waals surface area contributed by atoms with Gasteiger partial charge in [0.15, 0.2) is 0 Å². The highest BCUT2D eigenvalue weighted by atomic mass is 35.5. The predicted molar refractivity (Wildman–Crippen MR) is 64.0 cm³/mol. The predicted octanol–water partition coefficient (Wildman–Crippen LogP) is 2.34. The average molecular weight is 225 g/mol. The van der Waals surface area contributed by atoms with Gasteiger partial charge in [-0.2, -0.15) is 0 Å². The van der Waals surface area contributed by atoms with Crippen molar-refractivity contribution in [3.05, 3.63) is 34.9 Å². The van der Waals surface area contributed by atoms with Gasteiger partial charge in [-0.1, -0.05) is 23.7 Å². The van der Waals surface area contributed by atoms with Crippen molar-refractivity contribution < 1.29 is 0 Å². The van der Waals surface area contributed by atoms with Crippen molar-refractivity contribution in [1.82, 2.24) is 5.32 Å². The van der Waals surface area contributed by atoms with Gasteiger partial charge in [-0.05, 0) is 49.5 Å². The lowest BCUT2D eigenvalue weighted by molar-refractivity contribution is 0.291. The second-order valence-corrected chi connectivity index (χ2v) is 4.56. The quantitative estimate of drug-likeness (QED) is 0.810. The molecule has 0 aliphatic carbocycles. The molecule has 1 aliphatic heterocycles. The molecule has 1 aliphatic rings. The van der Waals surface area contributed by atoms with Crippen molar-refractivity contribution in [1.29, 1.82) is 0 Å². The van der Waals surface area contributed by atoms with Crippen LogP contribution in [0.3, 0.4) is 0 Å². The minimum atomic E-state index is 0.377. The zero-order valence-electron chi connectivity index (χ0n) is 8.75. The van der Waals surface area contributed by atoms with Gasteiger partial charge >= 0.3 is 0 Å². The number of nitrogens with two attached hydrogens (primary N) is 1. The molecule has 3 N–H and O–H groups in total. The van der Waals surface area contributed by atoms with Gasteiger partial charge in [-0.25, -0.2) is 0 Å². The summed E-state index contributed by atoms with van der Waals surface area (Å²) < 4.78 is 0. The Morgan fingerprint density at radius 2 is 2.33 bits per heavy atom. The zero-order valence-corrected chi connectivity index (χ0v) is 9.50. The van der Waals surface area contributed by atoms with Crippen molar-refractivity contribution in [2.24, 2.45) is 11.7 Å². The van der Waals surface area contributed by atoms with Crippen LogP contribution >= 0.6 is 11.6 Å². The lowest BCUT2D eigenvalue weighted by Crippen LogP contribution is -2.37. The Hall–Kier alpha value is -0.570. The smallest absolute Gasteiger partial charge is 0.0409 e. The molecule has 2 rings (SSSR count). The summed E-state index contributed by atoms with van der Waals surface area (Å²) in [6, 6.07) is 8.44. The Kier molecular flexibility index (Phi) is 3.62. The van der Waals surface area contributed by atoms with E-state index in [1.54, 1.807) is 0 Å². The topological polar surface area (TPSA) is 38.0 Å². The first-order chi connectivity index (χ1) is 7.31. The van der Waals surface area contributed by atoms with E-state index in [9.17, 15) is 0 Å². The lowest BCUT2D eigenvalue weighted by atomic mass is 9.86. The Morgan fingerprint density at radius 1 is 1.47 bits per heavy atom. The number of rotatable bonds is 2. The summed E-state index contributed by atoms with van der Waals surface area (Å²) in [6.45, 7) is 1.82. The molecular formula is C12H17ClN2. The van der Waals surface area contributed by atoms with Gasteiger partial charge in [0.05, 0.1) is 0 Å². The summed E-state index contributed by atoms with van der Waals surface area (Å²) in [5, 5.41) is 4.33. The Bertz CT molecular complexity index is 327. The van der Waals surface area contributed by atoms with Crippen LogP contribution in [0.4, 0.5) is 0 Å². The van der Waals surface area contributed by atoms with Crippen LogP contribution in [0, 0.1) is 5.92 Å². The van der Waals surface area contributed by atoms with Crippen molar-refractivity contribution in [2.45, 2.75) is 18.9 Å². The first-order valence-electron chi connectivity index (χ1n) is 5.50. The minimum absolute atomic E-state index is 0.377. The molecule has 0 unspecified atom stereocenters. The molecule has 1 heterocycles. The molecule has 1 aromatic carbocycles. The maximum atomic E-state index is 6.00. The van der Waals surface area contributed by atoms with Gasteiger partial charge in [-0.15, -0.1) is 0 Å². The van der Waals surface area contributed by atoms with Crippen molar-refractivity contribution in [3.8, 4) is 0 Å². The molecule has 2 atom stereocenters. The Labute approximate surface area is 95.8 Å². The number of halogens is 1. The second-order valence-electron chi connectivity index (χ2n) is 4.12. The fraction of sp³-hybridized carbons (Fsp3) is 0.500. The molecule has 3 heteroatoms. The SMILES string of the molecule is NC[C@H]1CCCN[C@@H]1c1cccc(Cl)c1. The summed E-state index contributed by atoms with van der Waals surface area (Å²) in [6.07, 6.45) is 2.43. The molecule has 1 aromatic rings. The molecule has 1 saturated heterocycles. The second kappa shape index (κ2) is 4.97.